The molecule has 1 spiro atoms. The second-order valence-corrected chi connectivity index (χ2v) is 13.1. The van der Waals surface area contributed by atoms with Gasteiger partial charge in [0.05, 0.1) is 12.5 Å². The molecule has 0 amide bonds. The molecule has 7 rings (SSSR count). The third-order valence-corrected chi connectivity index (χ3v) is 11.4. The van der Waals surface area contributed by atoms with Crippen molar-refractivity contribution in [2.45, 2.75) is 93.0 Å². The van der Waals surface area contributed by atoms with Gasteiger partial charge in [-0.2, -0.15) is 0 Å². The topological polar surface area (TPSA) is 97.1 Å². The third-order valence-electron chi connectivity index (χ3n) is 11.4. The summed E-state index contributed by atoms with van der Waals surface area (Å²) in [6.45, 7) is 2.04. The first-order valence-electron chi connectivity index (χ1n) is 16.0. The number of hydrogen-bond donors (Lipinski definition) is 1. The molecule has 2 N–H and O–H groups in total. The molecule has 5 unspecified atom stereocenters. The highest BCUT2D eigenvalue weighted by Crippen LogP contribution is 2.64. The minimum absolute atomic E-state index is 0.0176. The van der Waals surface area contributed by atoms with Crippen LogP contribution in [-0.2, 0) is 25.1 Å². The van der Waals surface area contributed by atoms with Crippen LogP contribution in [0.2, 0.25) is 0 Å². The molecule has 1 heterocycles. The summed E-state index contributed by atoms with van der Waals surface area (Å²) in [6.07, 6.45) is 3.30. The van der Waals surface area contributed by atoms with Crippen LogP contribution in [0.4, 0.5) is 4.79 Å². The summed E-state index contributed by atoms with van der Waals surface area (Å²) in [5.41, 5.74) is 8.05. The molecule has 44 heavy (non-hydrogen) atoms. The van der Waals surface area contributed by atoms with Gasteiger partial charge in [-0.1, -0.05) is 79.7 Å². The number of benzene rings is 3. The summed E-state index contributed by atoms with van der Waals surface area (Å²) < 4.78 is 24.7. The minimum Gasteiger partial charge on any atom is -0.493 e. The van der Waals surface area contributed by atoms with Gasteiger partial charge in [-0.3, -0.25) is 4.79 Å². The zero-order valence-corrected chi connectivity index (χ0v) is 25.5. The van der Waals surface area contributed by atoms with Gasteiger partial charge in [0.1, 0.15) is 11.7 Å². The number of rotatable bonds is 5. The molecule has 5 atom stereocenters. The number of carbonyl (C=O) groups excluding carboxylic acids is 2. The van der Waals surface area contributed by atoms with Crippen LogP contribution in [0.5, 0.6) is 11.5 Å². The van der Waals surface area contributed by atoms with E-state index < -0.39 is 23.3 Å². The number of fused-ring (bicyclic) bond motifs is 1. The number of methoxy groups -OCH3 is 1. The molecule has 0 saturated heterocycles. The lowest BCUT2D eigenvalue weighted by atomic mass is 9.49. The van der Waals surface area contributed by atoms with Crippen molar-refractivity contribution in [2.24, 2.45) is 11.7 Å². The van der Waals surface area contributed by atoms with E-state index in [2.05, 4.69) is 48.5 Å². The quantitative estimate of drug-likeness (QED) is 0.331. The van der Waals surface area contributed by atoms with Crippen molar-refractivity contribution >= 4 is 11.9 Å². The number of ether oxygens (including phenoxy) is 4. The summed E-state index contributed by atoms with van der Waals surface area (Å²) in [5, 5.41) is 0. The fraction of sp³-hybridized carbons (Fsp3) is 0.459. The highest BCUT2D eigenvalue weighted by atomic mass is 16.7. The maximum atomic E-state index is 13.8. The first-order chi connectivity index (χ1) is 21.3. The first kappa shape index (κ1) is 28.9. The summed E-state index contributed by atoms with van der Waals surface area (Å²) in [6, 6.07) is 26.8. The Labute approximate surface area is 259 Å². The molecular formula is C37H41NO6. The van der Waals surface area contributed by atoms with E-state index in [-0.39, 0.29) is 35.7 Å². The van der Waals surface area contributed by atoms with Crippen molar-refractivity contribution in [3.8, 4) is 11.5 Å². The zero-order valence-electron chi connectivity index (χ0n) is 25.5. The van der Waals surface area contributed by atoms with Gasteiger partial charge < -0.3 is 24.7 Å². The van der Waals surface area contributed by atoms with Crippen molar-refractivity contribution in [2.75, 3.05) is 7.11 Å². The number of hydrogen-bond acceptors (Lipinski definition) is 7. The number of Topliss-reactive ketones (excluding diaryl/α,β-unsaturated/α-hetero) is 1. The Kier molecular flexibility index (Phi) is 7.19. The van der Waals surface area contributed by atoms with E-state index in [4.69, 9.17) is 24.7 Å². The van der Waals surface area contributed by atoms with Gasteiger partial charge in [-0.05, 0) is 62.1 Å². The molecule has 7 nitrogen and oxygen atoms in total. The second-order valence-electron chi connectivity index (χ2n) is 13.1. The van der Waals surface area contributed by atoms with Crippen LogP contribution in [-0.4, -0.2) is 42.9 Å². The van der Waals surface area contributed by atoms with Crippen LogP contribution in [0.15, 0.2) is 78.9 Å². The Morgan fingerprint density at radius 1 is 0.864 bits per heavy atom. The van der Waals surface area contributed by atoms with Crippen LogP contribution >= 0.6 is 0 Å². The molecule has 4 aliphatic rings. The van der Waals surface area contributed by atoms with Gasteiger partial charge in [-0.15, -0.1) is 0 Å². The molecule has 0 bridgehead atoms. The number of carbonyl (C=O) groups is 2. The largest absolute Gasteiger partial charge is 0.509 e. The number of ketones is 1. The van der Waals surface area contributed by atoms with Crippen molar-refractivity contribution in [1.82, 2.24) is 0 Å². The van der Waals surface area contributed by atoms with Crippen LogP contribution < -0.4 is 15.2 Å². The average molecular weight is 596 g/mol. The predicted octanol–water partition coefficient (Wildman–Crippen LogP) is 6.64. The van der Waals surface area contributed by atoms with Crippen LogP contribution in [0.3, 0.4) is 0 Å². The van der Waals surface area contributed by atoms with E-state index in [9.17, 15) is 9.59 Å². The average Bonchev–Trinajstić information content (AvgIpc) is 3.42. The van der Waals surface area contributed by atoms with Gasteiger partial charge in [-0.25, -0.2) is 4.79 Å². The second kappa shape index (κ2) is 11.0. The molecule has 3 fully saturated rings. The number of nitrogens with two attached hydrogens (primary N) is 1. The molecular weight excluding hydrogens is 554 g/mol. The van der Waals surface area contributed by atoms with Gasteiger partial charge in [0.2, 0.25) is 0 Å². The summed E-state index contributed by atoms with van der Waals surface area (Å²) in [5.74, 6) is 0.935. The predicted molar refractivity (Wildman–Crippen MR) is 166 cm³/mol. The Morgan fingerprint density at radius 2 is 1.52 bits per heavy atom. The number of para-hydroxylation sites is 1. The standard InChI is InChI=1S/C37H41NO6/c1-24-29(38)18-22-36-28-14-9-15-31(41-2)32(28)43-33(36)30(39)19-23-37(24,36)44-34(40)42-27-16-20-35(21-17-27,25-10-5-3-6-11-25)26-12-7-4-8-13-26/h3-15,24,27,29,33H,16-23,38H2,1-2H3. The Morgan fingerprint density at radius 3 is 2.16 bits per heavy atom. The van der Waals surface area contributed by atoms with E-state index in [1.165, 1.54) is 11.1 Å². The monoisotopic (exact) mass is 595 g/mol. The van der Waals surface area contributed by atoms with Crippen LogP contribution in [0.25, 0.3) is 0 Å². The van der Waals surface area contributed by atoms with Gasteiger partial charge >= 0.3 is 6.16 Å². The van der Waals surface area contributed by atoms with Crippen molar-refractivity contribution in [1.29, 1.82) is 0 Å². The lowest BCUT2D eigenvalue weighted by molar-refractivity contribution is -0.185. The lowest BCUT2D eigenvalue weighted by Gasteiger charge is -2.58. The molecule has 1 aliphatic heterocycles. The van der Waals surface area contributed by atoms with Crippen molar-refractivity contribution in [3.05, 3.63) is 95.6 Å². The van der Waals surface area contributed by atoms with Crippen LogP contribution in [0, 0.1) is 5.92 Å². The summed E-state index contributed by atoms with van der Waals surface area (Å²) >= 11 is 0. The summed E-state index contributed by atoms with van der Waals surface area (Å²) in [7, 11) is 1.59. The SMILES string of the molecule is COc1cccc2c1OC1C(=O)CCC3(OC(=O)OC4CCC(c5ccccc5)(c5ccccc5)CC4)C(C)C(N)CCC213. The highest BCUT2D eigenvalue weighted by Gasteiger charge is 2.72. The van der Waals surface area contributed by atoms with Crippen molar-refractivity contribution in [3.63, 3.8) is 0 Å². The normalized spacial score (nSPS) is 30.7. The highest BCUT2D eigenvalue weighted by molar-refractivity contribution is 5.89. The van der Waals surface area contributed by atoms with E-state index in [1.54, 1.807) is 7.11 Å². The minimum atomic E-state index is -1.05. The maximum Gasteiger partial charge on any atom is 0.509 e. The van der Waals surface area contributed by atoms with E-state index in [0.717, 1.165) is 31.2 Å². The van der Waals surface area contributed by atoms with Crippen molar-refractivity contribution < 1.29 is 28.5 Å². The van der Waals surface area contributed by atoms with Crippen LogP contribution in [0.1, 0.15) is 75.0 Å². The fourth-order valence-electron chi connectivity index (χ4n) is 9.07. The Balaban J connectivity index is 1.16. The fourth-order valence-corrected chi connectivity index (χ4v) is 9.07. The third kappa shape index (κ3) is 4.19. The molecule has 230 valence electrons. The van der Waals surface area contributed by atoms with E-state index in [0.29, 0.717) is 30.8 Å². The molecule has 3 aliphatic carbocycles. The smallest absolute Gasteiger partial charge is 0.493 e. The summed E-state index contributed by atoms with van der Waals surface area (Å²) in [4.78, 5) is 27.3. The first-order valence-corrected chi connectivity index (χ1v) is 16.0. The van der Waals surface area contributed by atoms with Gasteiger partial charge in [0, 0.05) is 29.4 Å². The molecule has 3 saturated carbocycles. The Bertz CT molecular complexity index is 1490. The molecule has 3 aromatic carbocycles. The van der Waals surface area contributed by atoms with E-state index >= 15 is 0 Å². The molecule has 3 aromatic rings. The Hall–Kier alpha value is -3.84. The molecule has 0 aromatic heterocycles. The lowest BCUT2D eigenvalue weighted by Crippen LogP contribution is -2.72. The van der Waals surface area contributed by atoms with Gasteiger partial charge in [0.25, 0.3) is 0 Å². The molecule has 0 radical (unpaired) electrons. The van der Waals surface area contributed by atoms with Gasteiger partial charge in [0.15, 0.2) is 23.4 Å². The zero-order chi connectivity index (χ0) is 30.5. The maximum absolute atomic E-state index is 13.8. The van der Waals surface area contributed by atoms with E-state index in [1.807, 2.05) is 37.3 Å². The molecule has 7 heteroatoms.